The Morgan fingerprint density at radius 1 is 1.25 bits per heavy atom. The van der Waals surface area contributed by atoms with Crippen molar-refractivity contribution in [1.29, 1.82) is 0 Å². The molecule has 1 aromatic carbocycles. The summed E-state index contributed by atoms with van der Waals surface area (Å²) in [6, 6.07) is 6.30. The number of benzene rings is 1. The van der Waals surface area contributed by atoms with Crippen LogP contribution < -0.4 is 11.1 Å². The molecular weight excluding hydrogens is 266 g/mol. The summed E-state index contributed by atoms with van der Waals surface area (Å²) in [5.41, 5.74) is 9.37. The van der Waals surface area contributed by atoms with Crippen molar-refractivity contribution in [3.05, 3.63) is 29.3 Å². The van der Waals surface area contributed by atoms with Crippen LogP contribution in [0.25, 0.3) is 0 Å². The van der Waals surface area contributed by atoms with Gasteiger partial charge in [-0.25, -0.2) is 0 Å². The van der Waals surface area contributed by atoms with Crippen LogP contribution in [0.5, 0.6) is 0 Å². The maximum Gasteiger partial charge on any atom is 0.193 e. The Morgan fingerprint density at radius 2 is 1.90 bits per heavy atom. The Hall–Kier alpha value is -1.16. The van der Waals surface area contributed by atoms with Crippen molar-refractivity contribution < 1.29 is 0 Å². The molecule has 0 aliphatic carbocycles. The van der Waals surface area contributed by atoms with Gasteiger partial charge < -0.3 is 11.1 Å². The standard InChI is InChI=1S/C16H27N3S/c1-12(2)11-20-7-5-6-18-16(17)19-15-9-13(3)8-14(4)10-15/h8-10,12H,5-7,11H2,1-4H3,(H3,17,18,19). The fraction of sp³-hybridized carbons (Fsp3) is 0.562. The highest BCUT2D eigenvalue weighted by molar-refractivity contribution is 7.99. The number of thioether (sulfide) groups is 1. The molecule has 0 amide bonds. The van der Waals surface area contributed by atoms with E-state index in [9.17, 15) is 0 Å². The van der Waals surface area contributed by atoms with Gasteiger partial charge in [-0.1, -0.05) is 19.9 Å². The number of guanidine groups is 1. The van der Waals surface area contributed by atoms with Gasteiger partial charge in [0.2, 0.25) is 0 Å². The van der Waals surface area contributed by atoms with Gasteiger partial charge in [-0.2, -0.15) is 11.8 Å². The molecule has 0 aliphatic rings. The third kappa shape index (κ3) is 7.43. The Balaban J connectivity index is 2.31. The molecule has 0 unspecified atom stereocenters. The number of aliphatic imine (C=N–C) groups is 1. The van der Waals surface area contributed by atoms with Gasteiger partial charge in [0.1, 0.15) is 0 Å². The maximum atomic E-state index is 5.90. The molecule has 0 bridgehead atoms. The number of rotatable bonds is 7. The van der Waals surface area contributed by atoms with Crippen LogP contribution in [0.1, 0.15) is 31.4 Å². The van der Waals surface area contributed by atoms with Crippen molar-refractivity contribution in [2.75, 3.05) is 23.4 Å². The second kappa shape index (κ2) is 8.90. The van der Waals surface area contributed by atoms with E-state index in [2.05, 4.69) is 56.2 Å². The molecule has 0 aromatic heterocycles. The molecule has 0 aliphatic heterocycles. The minimum absolute atomic E-state index is 0.504. The van der Waals surface area contributed by atoms with Crippen LogP contribution >= 0.6 is 11.8 Å². The Kier molecular flexibility index (Phi) is 7.52. The van der Waals surface area contributed by atoms with Gasteiger partial charge in [-0.05, 0) is 61.0 Å². The quantitative estimate of drug-likeness (QED) is 0.456. The van der Waals surface area contributed by atoms with E-state index in [1.54, 1.807) is 0 Å². The second-order valence-electron chi connectivity index (χ2n) is 5.59. The zero-order valence-corrected chi connectivity index (χ0v) is 13.9. The summed E-state index contributed by atoms with van der Waals surface area (Å²) in [6.45, 7) is 9.44. The van der Waals surface area contributed by atoms with Crippen LogP contribution in [0.2, 0.25) is 0 Å². The first-order chi connectivity index (χ1) is 9.47. The summed E-state index contributed by atoms with van der Waals surface area (Å²) in [4.78, 5) is 4.37. The average molecular weight is 293 g/mol. The van der Waals surface area contributed by atoms with Crippen LogP contribution in [0.3, 0.4) is 0 Å². The SMILES string of the molecule is Cc1cc(C)cc(NC(N)=NCCCSCC(C)C)c1. The monoisotopic (exact) mass is 293 g/mol. The zero-order chi connectivity index (χ0) is 15.0. The van der Waals surface area contributed by atoms with E-state index in [1.807, 2.05) is 11.8 Å². The number of nitrogens with two attached hydrogens (primary N) is 1. The fourth-order valence-electron chi connectivity index (χ4n) is 1.92. The van der Waals surface area contributed by atoms with E-state index >= 15 is 0 Å². The Morgan fingerprint density at radius 3 is 2.50 bits per heavy atom. The minimum Gasteiger partial charge on any atom is -0.370 e. The highest BCUT2D eigenvalue weighted by atomic mass is 32.2. The Bertz CT molecular complexity index is 421. The average Bonchev–Trinajstić information content (AvgIpc) is 2.31. The summed E-state index contributed by atoms with van der Waals surface area (Å²) in [7, 11) is 0. The normalized spacial score (nSPS) is 11.9. The fourth-order valence-corrected chi connectivity index (χ4v) is 2.89. The molecule has 0 spiro atoms. The van der Waals surface area contributed by atoms with Crippen LogP contribution in [0, 0.1) is 19.8 Å². The maximum absolute atomic E-state index is 5.90. The summed E-state index contributed by atoms with van der Waals surface area (Å²) >= 11 is 1.99. The van der Waals surface area contributed by atoms with Gasteiger partial charge in [-0.15, -0.1) is 0 Å². The summed E-state index contributed by atoms with van der Waals surface area (Å²) in [5.74, 6) is 3.64. The molecule has 1 aromatic rings. The van der Waals surface area contributed by atoms with E-state index in [4.69, 9.17) is 5.73 Å². The predicted octanol–water partition coefficient (Wildman–Crippen LogP) is 3.81. The molecule has 0 atom stereocenters. The molecule has 0 radical (unpaired) electrons. The van der Waals surface area contributed by atoms with Gasteiger partial charge in [0.15, 0.2) is 5.96 Å². The van der Waals surface area contributed by atoms with Gasteiger partial charge >= 0.3 is 0 Å². The molecule has 0 heterocycles. The lowest BCUT2D eigenvalue weighted by Gasteiger charge is -2.08. The molecule has 3 nitrogen and oxygen atoms in total. The molecule has 4 heteroatoms. The molecule has 20 heavy (non-hydrogen) atoms. The van der Waals surface area contributed by atoms with E-state index in [1.165, 1.54) is 16.9 Å². The molecule has 112 valence electrons. The van der Waals surface area contributed by atoms with Crippen LogP contribution in [0.4, 0.5) is 5.69 Å². The summed E-state index contributed by atoms with van der Waals surface area (Å²) in [5, 5.41) is 3.15. The minimum atomic E-state index is 0.504. The molecule has 0 saturated carbocycles. The topological polar surface area (TPSA) is 50.4 Å². The van der Waals surface area contributed by atoms with Crippen molar-refractivity contribution in [3.8, 4) is 0 Å². The Labute approximate surface area is 127 Å². The summed E-state index contributed by atoms with van der Waals surface area (Å²) in [6.07, 6.45) is 1.08. The molecule has 0 saturated heterocycles. The number of hydrogen-bond acceptors (Lipinski definition) is 2. The first-order valence-electron chi connectivity index (χ1n) is 7.20. The molecule has 0 fully saturated rings. The van der Waals surface area contributed by atoms with E-state index in [0.717, 1.165) is 30.3 Å². The van der Waals surface area contributed by atoms with Crippen molar-refractivity contribution in [2.45, 2.75) is 34.1 Å². The summed E-state index contributed by atoms with van der Waals surface area (Å²) < 4.78 is 0. The third-order valence-electron chi connectivity index (χ3n) is 2.67. The van der Waals surface area contributed by atoms with Crippen LogP contribution in [-0.4, -0.2) is 24.0 Å². The van der Waals surface area contributed by atoms with Crippen molar-refractivity contribution in [3.63, 3.8) is 0 Å². The molecule has 1 rings (SSSR count). The van der Waals surface area contributed by atoms with E-state index in [0.29, 0.717) is 5.96 Å². The van der Waals surface area contributed by atoms with Gasteiger partial charge in [-0.3, -0.25) is 4.99 Å². The van der Waals surface area contributed by atoms with Crippen molar-refractivity contribution in [2.24, 2.45) is 16.6 Å². The van der Waals surface area contributed by atoms with Crippen LogP contribution in [-0.2, 0) is 0 Å². The largest absolute Gasteiger partial charge is 0.370 e. The highest BCUT2D eigenvalue weighted by Gasteiger charge is 1.98. The lowest BCUT2D eigenvalue weighted by molar-refractivity contribution is 0.749. The number of nitrogens with one attached hydrogen (secondary N) is 1. The van der Waals surface area contributed by atoms with Crippen LogP contribution in [0.15, 0.2) is 23.2 Å². The number of aryl methyl sites for hydroxylation is 2. The lowest BCUT2D eigenvalue weighted by atomic mass is 10.1. The number of anilines is 1. The van der Waals surface area contributed by atoms with E-state index < -0.39 is 0 Å². The lowest BCUT2D eigenvalue weighted by Crippen LogP contribution is -2.23. The van der Waals surface area contributed by atoms with Crippen molar-refractivity contribution in [1.82, 2.24) is 0 Å². The van der Waals surface area contributed by atoms with Gasteiger partial charge in [0.05, 0.1) is 0 Å². The van der Waals surface area contributed by atoms with E-state index in [-0.39, 0.29) is 0 Å². The first-order valence-corrected chi connectivity index (χ1v) is 8.36. The number of nitrogens with zero attached hydrogens (tertiary/aromatic N) is 1. The highest BCUT2D eigenvalue weighted by Crippen LogP contribution is 2.13. The predicted molar refractivity (Wildman–Crippen MR) is 92.8 cm³/mol. The number of hydrogen-bond donors (Lipinski definition) is 2. The van der Waals surface area contributed by atoms with Gasteiger partial charge in [0.25, 0.3) is 0 Å². The smallest absolute Gasteiger partial charge is 0.193 e. The molecule has 3 N–H and O–H groups in total. The third-order valence-corrected chi connectivity index (χ3v) is 4.15. The second-order valence-corrected chi connectivity index (χ2v) is 6.74. The van der Waals surface area contributed by atoms with Crippen molar-refractivity contribution >= 4 is 23.4 Å². The van der Waals surface area contributed by atoms with Gasteiger partial charge in [0, 0.05) is 12.2 Å². The first kappa shape index (κ1) is 16.9. The molecular formula is C16H27N3S. The zero-order valence-electron chi connectivity index (χ0n) is 13.1.